The second-order valence-electron chi connectivity index (χ2n) is 4.45. The van der Waals surface area contributed by atoms with Crippen LogP contribution in [0.2, 0.25) is 0 Å². The number of hydrogen-bond donors (Lipinski definition) is 0. The fourth-order valence-electron chi connectivity index (χ4n) is 2.34. The van der Waals surface area contributed by atoms with E-state index >= 15 is 0 Å². The summed E-state index contributed by atoms with van der Waals surface area (Å²) in [5.41, 5.74) is 2.33. The quantitative estimate of drug-likeness (QED) is 0.465. The molecule has 2 aliphatic carbocycles. The van der Waals surface area contributed by atoms with Gasteiger partial charge in [0.1, 0.15) is 0 Å². The zero-order valence-electron chi connectivity index (χ0n) is 7.15. The van der Waals surface area contributed by atoms with Crippen molar-refractivity contribution in [3.8, 4) is 0 Å². The van der Waals surface area contributed by atoms with E-state index in [2.05, 4.69) is 26.8 Å². The summed E-state index contributed by atoms with van der Waals surface area (Å²) in [4.78, 5) is 0. The van der Waals surface area contributed by atoms with E-state index in [1.54, 1.807) is 5.57 Å². The van der Waals surface area contributed by atoms with Gasteiger partial charge < -0.3 is 0 Å². The maximum absolute atomic E-state index is 2.49. The molecule has 64 valence electrons. The van der Waals surface area contributed by atoms with Crippen LogP contribution in [0.5, 0.6) is 0 Å². The van der Waals surface area contributed by atoms with E-state index in [1.807, 2.05) is 0 Å². The van der Waals surface area contributed by atoms with Crippen LogP contribution < -0.4 is 0 Å². The van der Waals surface area contributed by atoms with Crippen molar-refractivity contribution >= 4 is 0 Å². The highest BCUT2D eigenvalue weighted by Gasteiger charge is 2.52. The second-order valence-corrected chi connectivity index (χ2v) is 4.45. The van der Waals surface area contributed by atoms with Crippen molar-refractivity contribution in [2.45, 2.75) is 41.0 Å². The van der Waals surface area contributed by atoms with Crippen molar-refractivity contribution in [1.29, 1.82) is 0 Å². The third-order valence-corrected chi connectivity index (χ3v) is 3.28. The highest BCUT2D eigenvalue weighted by atomic mass is 14.6. The van der Waals surface area contributed by atoms with E-state index in [1.165, 1.54) is 12.8 Å². The fourth-order valence-corrected chi connectivity index (χ4v) is 2.34. The summed E-state index contributed by atoms with van der Waals surface area (Å²) in [6.07, 6.45) is 5.35. The Morgan fingerprint density at radius 1 is 1.36 bits per heavy atom. The summed E-state index contributed by atoms with van der Waals surface area (Å²) in [5, 5.41) is 0. The maximum atomic E-state index is 2.49. The molecule has 2 rings (SSSR count). The lowest BCUT2D eigenvalue weighted by molar-refractivity contribution is 0.488. The topological polar surface area (TPSA) is 0 Å². The monoisotopic (exact) mass is 152 g/mol. The van der Waals surface area contributed by atoms with Gasteiger partial charge in [-0.3, -0.25) is 0 Å². The van der Waals surface area contributed by atoms with Gasteiger partial charge in [-0.2, -0.15) is 0 Å². The number of fused-ring (bicyclic) bond motifs is 1. The van der Waals surface area contributed by atoms with Gasteiger partial charge in [-0.05, 0) is 30.1 Å². The standard InChI is InChI=1S/C10H16.CH4/c1-7-4-5-8-9(6-7)10(8,2)3;/h6-8H,4-5H2,1-3H3;1H4. The molecule has 1 fully saturated rings. The molecule has 0 amide bonds. The highest BCUT2D eigenvalue weighted by Crippen LogP contribution is 2.62. The van der Waals surface area contributed by atoms with E-state index in [9.17, 15) is 0 Å². The summed E-state index contributed by atoms with van der Waals surface area (Å²) in [6, 6.07) is 0. The molecule has 0 aromatic heterocycles. The molecule has 0 N–H and O–H groups in total. The van der Waals surface area contributed by atoms with Gasteiger partial charge in [-0.25, -0.2) is 0 Å². The van der Waals surface area contributed by atoms with Crippen LogP contribution in [0.1, 0.15) is 41.0 Å². The van der Waals surface area contributed by atoms with Crippen molar-refractivity contribution in [2.75, 3.05) is 0 Å². The lowest BCUT2D eigenvalue weighted by Crippen LogP contribution is -1.95. The molecule has 0 spiro atoms. The molecule has 0 aromatic carbocycles. The predicted octanol–water partition coefficient (Wildman–Crippen LogP) is 3.63. The number of hydrogen-bond acceptors (Lipinski definition) is 0. The molecule has 1 saturated carbocycles. The Hall–Kier alpha value is -0.260. The first-order chi connectivity index (χ1) is 4.62. The minimum atomic E-state index is 0. The molecule has 2 atom stereocenters. The Kier molecular flexibility index (Phi) is 1.90. The summed E-state index contributed by atoms with van der Waals surface area (Å²) in [6.45, 7) is 7.08. The van der Waals surface area contributed by atoms with Crippen LogP contribution in [0.15, 0.2) is 11.6 Å². The van der Waals surface area contributed by atoms with E-state index in [0.29, 0.717) is 5.41 Å². The molecule has 0 bridgehead atoms. The summed E-state index contributed by atoms with van der Waals surface area (Å²) < 4.78 is 0. The average molecular weight is 152 g/mol. The summed E-state index contributed by atoms with van der Waals surface area (Å²) in [7, 11) is 0. The molecule has 2 unspecified atom stereocenters. The molecule has 11 heavy (non-hydrogen) atoms. The zero-order valence-corrected chi connectivity index (χ0v) is 7.15. The molecule has 0 aromatic rings. The van der Waals surface area contributed by atoms with Crippen LogP contribution in [0.3, 0.4) is 0 Å². The van der Waals surface area contributed by atoms with Crippen LogP contribution in [-0.4, -0.2) is 0 Å². The smallest absolute Gasteiger partial charge is 0.00759 e. The van der Waals surface area contributed by atoms with E-state index in [4.69, 9.17) is 0 Å². The first-order valence-corrected chi connectivity index (χ1v) is 4.34. The SMILES string of the molecule is C.CC1C=C2C(CC1)C2(C)C. The van der Waals surface area contributed by atoms with Gasteiger partial charge in [0, 0.05) is 0 Å². The maximum Gasteiger partial charge on any atom is -0.00759 e. The van der Waals surface area contributed by atoms with Gasteiger partial charge in [0.05, 0.1) is 0 Å². The van der Waals surface area contributed by atoms with Gasteiger partial charge in [-0.1, -0.05) is 39.8 Å². The third kappa shape index (κ3) is 1.13. The summed E-state index contributed by atoms with van der Waals surface area (Å²) >= 11 is 0. The molecule has 0 saturated heterocycles. The van der Waals surface area contributed by atoms with Gasteiger partial charge in [0.15, 0.2) is 0 Å². The van der Waals surface area contributed by atoms with E-state index in [-0.39, 0.29) is 7.43 Å². The zero-order chi connectivity index (χ0) is 7.35. The second kappa shape index (κ2) is 2.36. The molecular formula is C11H20. The Bertz CT molecular complexity index is 186. The predicted molar refractivity (Wildman–Crippen MR) is 50.5 cm³/mol. The van der Waals surface area contributed by atoms with Crippen LogP contribution in [0.4, 0.5) is 0 Å². The molecule has 0 heterocycles. The number of allylic oxidation sites excluding steroid dienone is 2. The van der Waals surface area contributed by atoms with E-state index in [0.717, 1.165) is 11.8 Å². The Morgan fingerprint density at radius 3 is 2.45 bits per heavy atom. The highest BCUT2D eigenvalue weighted by molar-refractivity contribution is 5.37. The Labute approximate surface area is 70.7 Å². The summed E-state index contributed by atoms with van der Waals surface area (Å²) in [5.74, 6) is 1.82. The van der Waals surface area contributed by atoms with Crippen LogP contribution in [-0.2, 0) is 0 Å². The number of rotatable bonds is 0. The average Bonchev–Trinajstić information content (AvgIpc) is 2.36. The van der Waals surface area contributed by atoms with E-state index < -0.39 is 0 Å². The Balaban J connectivity index is 0.000000605. The van der Waals surface area contributed by atoms with Crippen molar-refractivity contribution in [2.24, 2.45) is 17.3 Å². The molecular weight excluding hydrogens is 132 g/mol. The minimum absolute atomic E-state index is 0. The van der Waals surface area contributed by atoms with Crippen LogP contribution in [0, 0.1) is 17.3 Å². The van der Waals surface area contributed by atoms with Gasteiger partial charge in [-0.15, -0.1) is 0 Å². The first-order valence-electron chi connectivity index (χ1n) is 4.34. The molecule has 0 radical (unpaired) electrons. The van der Waals surface area contributed by atoms with Crippen molar-refractivity contribution in [3.05, 3.63) is 11.6 Å². The van der Waals surface area contributed by atoms with Gasteiger partial charge >= 0.3 is 0 Å². The molecule has 0 heteroatoms. The molecule has 0 aliphatic heterocycles. The third-order valence-electron chi connectivity index (χ3n) is 3.28. The molecule has 0 nitrogen and oxygen atoms in total. The minimum Gasteiger partial charge on any atom is -0.0816 e. The van der Waals surface area contributed by atoms with Gasteiger partial charge in [0.25, 0.3) is 0 Å². The fraction of sp³-hybridized carbons (Fsp3) is 0.818. The van der Waals surface area contributed by atoms with Gasteiger partial charge in [0.2, 0.25) is 0 Å². The normalized spacial score (nSPS) is 38.3. The molecule has 2 aliphatic rings. The first kappa shape index (κ1) is 8.83. The van der Waals surface area contributed by atoms with Crippen molar-refractivity contribution < 1.29 is 0 Å². The van der Waals surface area contributed by atoms with Crippen LogP contribution >= 0.6 is 0 Å². The van der Waals surface area contributed by atoms with Crippen molar-refractivity contribution in [3.63, 3.8) is 0 Å². The van der Waals surface area contributed by atoms with Crippen molar-refractivity contribution in [1.82, 2.24) is 0 Å². The van der Waals surface area contributed by atoms with Crippen LogP contribution in [0.25, 0.3) is 0 Å². The lowest BCUT2D eigenvalue weighted by Gasteiger charge is -2.08. The Morgan fingerprint density at radius 2 is 2.00 bits per heavy atom. The largest absolute Gasteiger partial charge is 0.0816 e. The lowest BCUT2D eigenvalue weighted by atomic mass is 9.98.